The Hall–Kier alpha value is -3.72. The summed E-state index contributed by atoms with van der Waals surface area (Å²) in [5, 5.41) is 34.5. The van der Waals surface area contributed by atoms with Gasteiger partial charge in [-0.15, -0.1) is 16.4 Å². The Labute approximate surface area is 223 Å². The maximum Gasteiger partial charge on any atom is 0.194 e. The van der Waals surface area contributed by atoms with Gasteiger partial charge in [-0.3, -0.25) is 0 Å². The number of benzene rings is 2. The van der Waals surface area contributed by atoms with Crippen LogP contribution in [-0.4, -0.2) is 63.8 Å². The van der Waals surface area contributed by atoms with E-state index in [2.05, 4.69) is 25.4 Å². The van der Waals surface area contributed by atoms with Gasteiger partial charge >= 0.3 is 0 Å². The lowest BCUT2D eigenvalue weighted by Crippen LogP contribution is -2.45. The Balaban J connectivity index is 1.35. The number of rotatable bonds is 5. The highest BCUT2D eigenvalue weighted by Gasteiger charge is 2.41. The van der Waals surface area contributed by atoms with Crippen LogP contribution in [0.5, 0.6) is 0 Å². The lowest BCUT2D eigenvalue weighted by Gasteiger charge is -2.38. The largest absolute Gasteiger partial charge is 0.394 e. The van der Waals surface area contributed by atoms with E-state index in [1.807, 2.05) is 25.1 Å². The Morgan fingerprint density at radius 3 is 2.62 bits per heavy atom. The van der Waals surface area contributed by atoms with Crippen molar-refractivity contribution >= 4 is 21.6 Å². The molecule has 0 amide bonds. The first kappa shape index (κ1) is 25.6. The first-order chi connectivity index (χ1) is 18.7. The van der Waals surface area contributed by atoms with Crippen LogP contribution >= 0.6 is 11.3 Å². The predicted molar refractivity (Wildman–Crippen MR) is 134 cm³/mol. The molecule has 0 radical (unpaired) electrons. The first-order valence-corrected chi connectivity index (χ1v) is 12.9. The van der Waals surface area contributed by atoms with Crippen LogP contribution in [0, 0.1) is 31.3 Å². The Morgan fingerprint density at radius 1 is 1.10 bits per heavy atom. The standard InChI is InChI=1S/C25H22F3N7O3S/c1-11-29-25(35(32-11)14-3-4-17-22(7-14)39-12(2)30-17)20-8-19(24(37)21(10-36)38-20)34-9-18(31-33-34)13-5-15(26)23(28)16(27)6-13/h3-7,9,19-21,24,36-37H,8,10H2,1-2H3/t19-,20-,21-,24-/m1/s1. The number of aliphatic hydroxyl groups excluding tert-OH is 2. The van der Waals surface area contributed by atoms with Gasteiger partial charge in [0.1, 0.15) is 29.8 Å². The van der Waals surface area contributed by atoms with E-state index in [4.69, 9.17) is 4.74 Å². The van der Waals surface area contributed by atoms with Gasteiger partial charge in [0.15, 0.2) is 23.3 Å². The van der Waals surface area contributed by atoms with Crippen molar-refractivity contribution in [3.8, 4) is 16.9 Å². The monoisotopic (exact) mass is 557 g/mol. The molecule has 2 aromatic carbocycles. The van der Waals surface area contributed by atoms with Crippen LogP contribution in [0.1, 0.15) is 35.2 Å². The normalized spacial score (nSPS) is 21.6. The Morgan fingerprint density at radius 2 is 1.87 bits per heavy atom. The minimum Gasteiger partial charge on any atom is -0.394 e. The molecule has 1 saturated heterocycles. The minimum absolute atomic E-state index is 0.0153. The van der Waals surface area contributed by atoms with Gasteiger partial charge in [0.25, 0.3) is 0 Å². The average molecular weight is 558 g/mol. The van der Waals surface area contributed by atoms with Crippen molar-refractivity contribution in [2.24, 2.45) is 0 Å². The third-order valence-electron chi connectivity index (χ3n) is 6.63. The van der Waals surface area contributed by atoms with E-state index in [1.165, 1.54) is 10.9 Å². The molecule has 0 saturated carbocycles. The summed E-state index contributed by atoms with van der Waals surface area (Å²) in [6, 6.07) is 6.63. The minimum atomic E-state index is -1.58. The summed E-state index contributed by atoms with van der Waals surface area (Å²) in [5.74, 6) is -3.32. The molecule has 0 aliphatic carbocycles. The van der Waals surface area contributed by atoms with Gasteiger partial charge in [-0.2, -0.15) is 5.10 Å². The van der Waals surface area contributed by atoms with Crippen molar-refractivity contribution in [2.45, 2.75) is 44.6 Å². The smallest absolute Gasteiger partial charge is 0.194 e. The molecule has 6 rings (SSSR count). The summed E-state index contributed by atoms with van der Waals surface area (Å²) in [6.45, 7) is 3.20. The molecule has 0 unspecified atom stereocenters. The molecule has 1 aliphatic heterocycles. The molecule has 14 heteroatoms. The summed E-state index contributed by atoms with van der Waals surface area (Å²) in [6.07, 6.45) is -1.31. The highest BCUT2D eigenvalue weighted by molar-refractivity contribution is 7.18. The fourth-order valence-corrected chi connectivity index (χ4v) is 5.66. The molecule has 202 valence electrons. The molecular weight excluding hydrogens is 535 g/mol. The number of thiazole rings is 1. The topological polar surface area (TPSA) is 124 Å². The van der Waals surface area contributed by atoms with E-state index < -0.39 is 48.4 Å². The zero-order valence-electron chi connectivity index (χ0n) is 20.7. The van der Waals surface area contributed by atoms with Gasteiger partial charge in [0.05, 0.1) is 39.8 Å². The van der Waals surface area contributed by atoms with Gasteiger partial charge in [0, 0.05) is 12.0 Å². The number of nitrogens with zero attached hydrogens (tertiary/aromatic N) is 7. The highest BCUT2D eigenvalue weighted by atomic mass is 32.1. The van der Waals surface area contributed by atoms with E-state index in [0.29, 0.717) is 11.6 Å². The summed E-state index contributed by atoms with van der Waals surface area (Å²) in [5.41, 5.74) is 1.69. The summed E-state index contributed by atoms with van der Waals surface area (Å²) in [4.78, 5) is 9.08. The van der Waals surface area contributed by atoms with Crippen molar-refractivity contribution < 1.29 is 28.1 Å². The van der Waals surface area contributed by atoms with Crippen LogP contribution in [-0.2, 0) is 4.74 Å². The quantitative estimate of drug-likeness (QED) is 0.314. The molecule has 10 nitrogen and oxygen atoms in total. The van der Waals surface area contributed by atoms with Gasteiger partial charge in [-0.1, -0.05) is 5.21 Å². The van der Waals surface area contributed by atoms with Gasteiger partial charge in [-0.05, 0) is 44.2 Å². The molecule has 3 aromatic heterocycles. The Kier molecular flexibility index (Phi) is 6.41. The van der Waals surface area contributed by atoms with E-state index in [-0.39, 0.29) is 17.7 Å². The van der Waals surface area contributed by atoms with Crippen LogP contribution in [0.15, 0.2) is 36.5 Å². The van der Waals surface area contributed by atoms with Crippen LogP contribution < -0.4 is 0 Å². The number of hydrogen-bond acceptors (Lipinski definition) is 9. The predicted octanol–water partition coefficient (Wildman–Crippen LogP) is 3.59. The first-order valence-electron chi connectivity index (χ1n) is 12.0. The third kappa shape index (κ3) is 4.58. The lowest BCUT2D eigenvalue weighted by atomic mass is 9.95. The number of hydrogen-bond donors (Lipinski definition) is 2. The van der Waals surface area contributed by atoms with Crippen LogP contribution in [0.25, 0.3) is 27.2 Å². The van der Waals surface area contributed by atoms with Crippen molar-refractivity contribution in [3.05, 3.63) is 70.6 Å². The number of aryl methyl sites for hydroxylation is 2. The van der Waals surface area contributed by atoms with Gasteiger partial charge in [0.2, 0.25) is 0 Å². The maximum atomic E-state index is 13.8. The highest BCUT2D eigenvalue weighted by Crippen LogP contribution is 2.38. The molecule has 1 fully saturated rings. The zero-order chi connectivity index (χ0) is 27.4. The van der Waals surface area contributed by atoms with E-state index in [1.54, 1.807) is 22.9 Å². The number of aromatic nitrogens is 7. The molecule has 4 heterocycles. The second-order valence-electron chi connectivity index (χ2n) is 9.29. The van der Waals surface area contributed by atoms with Crippen LogP contribution in [0.4, 0.5) is 13.2 Å². The molecule has 0 bridgehead atoms. The summed E-state index contributed by atoms with van der Waals surface area (Å²) in [7, 11) is 0. The molecular formula is C25H22F3N7O3S. The fourth-order valence-electron chi connectivity index (χ4n) is 4.80. The van der Waals surface area contributed by atoms with Gasteiger partial charge < -0.3 is 14.9 Å². The third-order valence-corrected chi connectivity index (χ3v) is 7.56. The van der Waals surface area contributed by atoms with E-state index >= 15 is 0 Å². The second-order valence-corrected chi connectivity index (χ2v) is 10.5. The number of fused-ring (bicyclic) bond motifs is 1. The molecule has 4 atom stereocenters. The summed E-state index contributed by atoms with van der Waals surface area (Å²) >= 11 is 1.56. The number of ether oxygens (including phenoxy) is 1. The lowest BCUT2D eigenvalue weighted by molar-refractivity contribution is -0.161. The SMILES string of the molecule is Cc1nc([C@H]2C[C@@H](n3cc(-c4cc(F)c(F)c(F)c4)nn3)[C@@H](O)[C@@H](CO)O2)n(-c2ccc3nc(C)sc3c2)n1. The number of aliphatic hydroxyl groups is 2. The number of halogens is 3. The Bertz CT molecular complexity index is 1660. The average Bonchev–Trinajstić information content (AvgIpc) is 3.64. The molecule has 5 aromatic rings. The second kappa shape index (κ2) is 9.79. The molecule has 0 spiro atoms. The van der Waals surface area contributed by atoms with Crippen molar-refractivity contribution in [1.82, 2.24) is 34.7 Å². The maximum absolute atomic E-state index is 13.8. The van der Waals surface area contributed by atoms with Crippen molar-refractivity contribution in [3.63, 3.8) is 0 Å². The van der Waals surface area contributed by atoms with Gasteiger partial charge in [-0.25, -0.2) is 32.5 Å². The van der Waals surface area contributed by atoms with Crippen LogP contribution in [0.3, 0.4) is 0 Å². The molecule has 1 aliphatic rings. The van der Waals surface area contributed by atoms with E-state index in [0.717, 1.165) is 33.0 Å². The van der Waals surface area contributed by atoms with Crippen molar-refractivity contribution in [1.29, 1.82) is 0 Å². The van der Waals surface area contributed by atoms with E-state index in [9.17, 15) is 23.4 Å². The van der Waals surface area contributed by atoms with Crippen LogP contribution in [0.2, 0.25) is 0 Å². The molecule has 39 heavy (non-hydrogen) atoms. The fraction of sp³-hybridized carbons (Fsp3) is 0.320. The molecule has 2 N–H and O–H groups in total. The zero-order valence-corrected chi connectivity index (χ0v) is 21.5. The summed E-state index contributed by atoms with van der Waals surface area (Å²) < 4.78 is 51.0. The van der Waals surface area contributed by atoms with Crippen molar-refractivity contribution in [2.75, 3.05) is 6.61 Å².